The molecule has 2 heteroatoms. The lowest BCUT2D eigenvalue weighted by molar-refractivity contribution is 0.0807. The first-order valence-electron chi connectivity index (χ1n) is 7.48. The molecule has 108 valence electrons. The van der Waals surface area contributed by atoms with E-state index < -0.39 is 11.2 Å². The van der Waals surface area contributed by atoms with E-state index in [2.05, 4.69) is 13.8 Å². The molecule has 0 bridgehead atoms. The lowest BCUT2D eigenvalue weighted by atomic mass is 9.92. The molecule has 0 aliphatic heterocycles. The number of rotatable bonds is 10. The van der Waals surface area contributed by atoms with Gasteiger partial charge >= 0.3 is 0 Å². The average molecular weight is 256 g/mol. The predicted molar refractivity (Wildman–Crippen MR) is 78.7 cm³/mol. The molecule has 0 aromatic carbocycles. The SMILES string of the molecule is CCCCCC(C)(O)/C=C\C(C)(O)CCCCC. The lowest BCUT2D eigenvalue weighted by Crippen LogP contribution is -2.25. The molecule has 0 rings (SSSR count). The van der Waals surface area contributed by atoms with Crippen molar-refractivity contribution in [3.63, 3.8) is 0 Å². The van der Waals surface area contributed by atoms with E-state index in [4.69, 9.17) is 0 Å². The molecule has 0 aliphatic carbocycles. The van der Waals surface area contributed by atoms with Crippen molar-refractivity contribution in [3.05, 3.63) is 12.2 Å². The maximum Gasteiger partial charge on any atom is 0.0800 e. The minimum absolute atomic E-state index is 0.766. The van der Waals surface area contributed by atoms with E-state index in [1.54, 1.807) is 12.2 Å². The molecule has 0 amide bonds. The standard InChI is InChI=1S/C16H32O2/c1-5-7-9-11-15(3,17)13-14-16(4,18)12-10-8-6-2/h13-14,17-18H,5-12H2,1-4H3/b14-13-. The molecule has 0 aliphatic rings. The van der Waals surface area contributed by atoms with Crippen molar-refractivity contribution in [3.8, 4) is 0 Å². The van der Waals surface area contributed by atoms with Crippen LogP contribution in [-0.4, -0.2) is 21.4 Å². The number of hydrogen-bond acceptors (Lipinski definition) is 2. The number of aliphatic hydroxyl groups is 2. The van der Waals surface area contributed by atoms with Crippen LogP contribution in [0.25, 0.3) is 0 Å². The van der Waals surface area contributed by atoms with Crippen LogP contribution in [-0.2, 0) is 0 Å². The molecular weight excluding hydrogens is 224 g/mol. The van der Waals surface area contributed by atoms with E-state index >= 15 is 0 Å². The molecule has 0 heterocycles. The highest BCUT2D eigenvalue weighted by atomic mass is 16.3. The van der Waals surface area contributed by atoms with E-state index in [1.165, 1.54) is 0 Å². The Morgan fingerprint density at radius 1 is 0.722 bits per heavy atom. The minimum Gasteiger partial charge on any atom is -0.386 e. The molecule has 0 fully saturated rings. The van der Waals surface area contributed by atoms with Gasteiger partial charge in [-0.2, -0.15) is 0 Å². The zero-order chi connectivity index (χ0) is 14.1. The maximum atomic E-state index is 10.2. The molecule has 2 unspecified atom stereocenters. The third-order valence-electron chi connectivity index (χ3n) is 3.37. The third kappa shape index (κ3) is 9.67. The normalized spacial score (nSPS) is 18.8. The van der Waals surface area contributed by atoms with Crippen molar-refractivity contribution in [1.82, 2.24) is 0 Å². The van der Waals surface area contributed by atoms with Crippen LogP contribution >= 0.6 is 0 Å². The van der Waals surface area contributed by atoms with Crippen molar-refractivity contribution in [2.75, 3.05) is 0 Å². The lowest BCUT2D eigenvalue weighted by Gasteiger charge is -2.23. The van der Waals surface area contributed by atoms with Gasteiger partial charge in [0.05, 0.1) is 11.2 Å². The minimum atomic E-state index is -0.788. The Morgan fingerprint density at radius 3 is 1.33 bits per heavy atom. The first-order valence-corrected chi connectivity index (χ1v) is 7.48. The fraction of sp³-hybridized carbons (Fsp3) is 0.875. The molecule has 0 spiro atoms. The quantitative estimate of drug-likeness (QED) is 0.454. The molecule has 0 radical (unpaired) electrons. The summed E-state index contributed by atoms with van der Waals surface area (Å²) in [4.78, 5) is 0. The average Bonchev–Trinajstić information content (AvgIpc) is 2.27. The smallest absolute Gasteiger partial charge is 0.0800 e. The Bertz CT molecular complexity index is 205. The van der Waals surface area contributed by atoms with E-state index in [-0.39, 0.29) is 0 Å². The van der Waals surface area contributed by atoms with Crippen molar-refractivity contribution >= 4 is 0 Å². The zero-order valence-corrected chi connectivity index (χ0v) is 12.7. The van der Waals surface area contributed by atoms with Gasteiger partial charge in [-0.15, -0.1) is 0 Å². The summed E-state index contributed by atoms with van der Waals surface area (Å²) in [6, 6.07) is 0. The highest BCUT2D eigenvalue weighted by Crippen LogP contribution is 2.21. The van der Waals surface area contributed by atoms with Crippen LogP contribution in [0.5, 0.6) is 0 Å². The van der Waals surface area contributed by atoms with Crippen LogP contribution in [0.3, 0.4) is 0 Å². The fourth-order valence-corrected chi connectivity index (χ4v) is 1.99. The second-order valence-electron chi connectivity index (χ2n) is 5.96. The van der Waals surface area contributed by atoms with Gasteiger partial charge in [0.1, 0.15) is 0 Å². The van der Waals surface area contributed by atoms with E-state index in [0.717, 1.165) is 51.4 Å². The van der Waals surface area contributed by atoms with E-state index in [9.17, 15) is 10.2 Å². The molecular formula is C16H32O2. The fourth-order valence-electron chi connectivity index (χ4n) is 1.99. The van der Waals surface area contributed by atoms with Crippen LogP contribution in [0.2, 0.25) is 0 Å². The van der Waals surface area contributed by atoms with Crippen molar-refractivity contribution in [2.45, 2.75) is 90.3 Å². The highest BCUT2D eigenvalue weighted by molar-refractivity contribution is 5.06. The Hall–Kier alpha value is -0.340. The van der Waals surface area contributed by atoms with Gasteiger partial charge in [-0.1, -0.05) is 64.5 Å². The molecule has 0 saturated carbocycles. The van der Waals surface area contributed by atoms with Gasteiger partial charge in [-0.05, 0) is 26.7 Å². The van der Waals surface area contributed by atoms with Crippen LogP contribution in [0.15, 0.2) is 12.2 Å². The van der Waals surface area contributed by atoms with Crippen LogP contribution in [0.1, 0.15) is 79.1 Å². The van der Waals surface area contributed by atoms with Gasteiger partial charge < -0.3 is 10.2 Å². The van der Waals surface area contributed by atoms with Gasteiger partial charge in [-0.25, -0.2) is 0 Å². The van der Waals surface area contributed by atoms with Gasteiger partial charge in [0.15, 0.2) is 0 Å². The van der Waals surface area contributed by atoms with Crippen molar-refractivity contribution < 1.29 is 10.2 Å². The Balaban J connectivity index is 4.14. The number of hydrogen-bond donors (Lipinski definition) is 2. The Morgan fingerprint density at radius 2 is 1.06 bits per heavy atom. The number of unbranched alkanes of at least 4 members (excludes halogenated alkanes) is 4. The first-order chi connectivity index (χ1) is 8.33. The molecule has 2 atom stereocenters. The first kappa shape index (κ1) is 17.7. The monoisotopic (exact) mass is 256 g/mol. The Kier molecular flexibility index (Phi) is 8.54. The second-order valence-corrected chi connectivity index (χ2v) is 5.96. The van der Waals surface area contributed by atoms with Gasteiger partial charge in [0.25, 0.3) is 0 Å². The van der Waals surface area contributed by atoms with Crippen LogP contribution in [0.4, 0.5) is 0 Å². The summed E-state index contributed by atoms with van der Waals surface area (Å²) < 4.78 is 0. The maximum absolute atomic E-state index is 10.2. The molecule has 18 heavy (non-hydrogen) atoms. The van der Waals surface area contributed by atoms with Gasteiger partial charge in [-0.3, -0.25) is 0 Å². The van der Waals surface area contributed by atoms with Crippen LogP contribution < -0.4 is 0 Å². The summed E-state index contributed by atoms with van der Waals surface area (Å²) in [5.41, 5.74) is -1.58. The predicted octanol–water partition coefficient (Wildman–Crippen LogP) is 4.21. The van der Waals surface area contributed by atoms with Gasteiger partial charge in [0.2, 0.25) is 0 Å². The van der Waals surface area contributed by atoms with Crippen molar-refractivity contribution in [2.24, 2.45) is 0 Å². The molecule has 2 N–H and O–H groups in total. The molecule has 0 aromatic heterocycles. The summed E-state index contributed by atoms with van der Waals surface area (Å²) in [7, 11) is 0. The summed E-state index contributed by atoms with van der Waals surface area (Å²) >= 11 is 0. The molecule has 0 aromatic rings. The summed E-state index contributed by atoms with van der Waals surface area (Å²) in [5, 5.41) is 20.4. The second kappa shape index (κ2) is 8.71. The highest BCUT2D eigenvalue weighted by Gasteiger charge is 2.20. The van der Waals surface area contributed by atoms with Crippen LogP contribution in [0, 0.1) is 0 Å². The summed E-state index contributed by atoms with van der Waals surface area (Å²) in [6.45, 7) is 7.95. The third-order valence-corrected chi connectivity index (χ3v) is 3.37. The van der Waals surface area contributed by atoms with E-state index in [0.29, 0.717) is 0 Å². The Labute approximate surface area is 113 Å². The summed E-state index contributed by atoms with van der Waals surface area (Å²) in [6.07, 6.45) is 11.8. The summed E-state index contributed by atoms with van der Waals surface area (Å²) in [5.74, 6) is 0. The molecule has 0 saturated heterocycles. The topological polar surface area (TPSA) is 40.5 Å². The van der Waals surface area contributed by atoms with Gasteiger partial charge in [0, 0.05) is 0 Å². The van der Waals surface area contributed by atoms with Crippen molar-refractivity contribution in [1.29, 1.82) is 0 Å². The molecule has 2 nitrogen and oxygen atoms in total. The largest absolute Gasteiger partial charge is 0.386 e. The van der Waals surface area contributed by atoms with E-state index in [1.807, 2.05) is 13.8 Å². The zero-order valence-electron chi connectivity index (χ0n) is 12.7.